The molecular weight excluding hydrogens is 2020 g/mol. The summed E-state index contributed by atoms with van der Waals surface area (Å²) in [7, 11) is 0. The van der Waals surface area contributed by atoms with E-state index in [-0.39, 0.29) is 222 Å². The van der Waals surface area contributed by atoms with Crippen LogP contribution < -0.4 is 64.7 Å². The van der Waals surface area contributed by atoms with Crippen LogP contribution in [-0.4, -0.2) is 424 Å². The summed E-state index contributed by atoms with van der Waals surface area (Å²) in [6.07, 6.45) is 7.21. The van der Waals surface area contributed by atoms with Crippen LogP contribution in [0.15, 0.2) is 79.0 Å². The number of ether oxygens (including phenoxy) is 11. The largest absolute Gasteiger partial charge is 0.481 e. The number of anilines is 2. The molecule has 0 spiro atoms. The fourth-order valence-corrected chi connectivity index (χ4v) is 14.6. The number of amides is 8. The maximum atomic E-state index is 13.7. The topological polar surface area (TPSA) is 654 Å². The zero-order valence-electron chi connectivity index (χ0n) is 82.0. The van der Waals surface area contributed by atoms with E-state index < -0.39 is 109 Å². The summed E-state index contributed by atoms with van der Waals surface area (Å²) < 4.78 is 62.7. The number of rotatable bonds is 82. The van der Waals surface area contributed by atoms with Gasteiger partial charge in [-0.2, -0.15) is 0 Å². The van der Waals surface area contributed by atoms with Crippen LogP contribution in [0.5, 0.6) is 0 Å². The summed E-state index contributed by atoms with van der Waals surface area (Å²) in [5.74, 6) is -2.97. The van der Waals surface area contributed by atoms with Crippen LogP contribution >= 0.6 is 34.8 Å². The summed E-state index contributed by atoms with van der Waals surface area (Å²) in [5, 5.41) is 96.4. The molecule has 1 aliphatic heterocycles. The van der Waals surface area contributed by atoms with Gasteiger partial charge in [0, 0.05) is 137 Å². The summed E-state index contributed by atoms with van der Waals surface area (Å²) in [6, 6.07) is 17.2. The predicted molar refractivity (Wildman–Crippen MR) is 540 cm³/mol. The Morgan fingerprint density at radius 1 is 0.403 bits per heavy atom. The van der Waals surface area contributed by atoms with Gasteiger partial charge in [0.2, 0.25) is 23.6 Å². The van der Waals surface area contributed by atoms with Crippen LogP contribution in [0.2, 0.25) is 0 Å². The Morgan fingerprint density at radius 2 is 0.833 bits per heavy atom. The normalized spacial score (nSPS) is 14.1. The summed E-state index contributed by atoms with van der Waals surface area (Å²) in [6.45, 7) is 6.77. The zero-order valence-corrected chi connectivity index (χ0v) is 85.0. The molecule has 1 unspecified atom stereocenters. The van der Waals surface area contributed by atoms with Crippen molar-refractivity contribution in [2.24, 2.45) is 11.6 Å². The van der Waals surface area contributed by atoms with E-state index in [0.717, 1.165) is 22.0 Å². The van der Waals surface area contributed by atoms with Gasteiger partial charge < -0.3 is 152 Å². The molecule has 4 rings (SSSR count). The van der Waals surface area contributed by atoms with E-state index in [1.54, 1.807) is 56.0 Å². The van der Waals surface area contributed by atoms with Gasteiger partial charge in [-0.15, -0.1) is 0 Å². The minimum atomic E-state index is -1.23. The van der Waals surface area contributed by atoms with E-state index in [2.05, 4.69) is 87.9 Å². The second-order valence-electron chi connectivity index (χ2n) is 33.3. The maximum Gasteiger partial charge on any atom is 0.326 e. The number of carboxylic acid groups (broad SMARTS) is 7. The molecule has 21 N–H and O–H groups in total. The molecule has 1 heterocycles. The van der Waals surface area contributed by atoms with E-state index in [4.69, 9.17) is 81.0 Å². The zero-order chi connectivity index (χ0) is 105. The maximum absolute atomic E-state index is 13.7. The fraction of sp³-hybridized carbons (Fsp3) is 0.638. The second-order valence-corrected chi connectivity index (χ2v) is 34.9. The van der Waals surface area contributed by atoms with Gasteiger partial charge in [0.05, 0.1) is 184 Å². The number of benzene rings is 3. The Hall–Kier alpha value is -10.5. The van der Waals surface area contributed by atoms with Crippen molar-refractivity contribution in [2.45, 2.75) is 133 Å². The molecule has 1 saturated heterocycles. The van der Waals surface area contributed by atoms with Gasteiger partial charge in [0.15, 0.2) is 5.11 Å². The molecule has 810 valence electrons. The molecule has 0 bridgehead atoms. The van der Waals surface area contributed by atoms with Gasteiger partial charge in [-0.05, 0) is 166 Å². The first kappa shape index (κ1) is 126. The van der Waals surface area contributed by atoms with Crippen molar-refractivity contribution in [1.29, 1.82) is 0 Å². The molecule has 50 heteroatoms. The van der Waals surface area contributed by atoms with Crippen molar-refractivity contribution in [3.8, 4) is 0 Å². The molecule has 1 aliphatic rings. The Morgan fingerprint density at radius 3 is 1.34 bits per heavy atom. The standard InChI is InChI=1S/C94H150IN17O31S/c95-73-22-18-70(19-23-73)10-7-16-81(113)98-28-4-2-14-79(90(127)128)106-83(115)27-41-134-45-49-138-52-54-140-56-58-142-60-61-143-59-57-141-55-53-139-50-46-135-42-32-99-89(126)78(13-1-6-30-102-94(144)104-74-24-20-71(21-25-74)62-76-64-110(68-87(122)123)36-35-108(66-85(118)119)33-34-109(67-86(120)121)37-38-111(76)69-88(124)125)105-82(114)26-40-133-44-48-137-51-47-136-43-39-112(97)65-77(96)72-11-8-12-75(63-72)103-92(131)100-29-5-3-15-80(91(129)130)107-93(132)101-31-9-17-84(116)117/h8,11-12,18-25,63,65,76,78-80H,1-7,9-10,13-17,26-62,64,66-69,96-97H2,(H,98,113)(H,99,126)(H,105,114)(H,106,115)(H,116,117)(H,118,119)(H,120,121)(H,122,123)(H,124,125)(H,127,128)(H,129,130)(H2,100,103,131)(H2,101,107,132)(H2,102,104,144)/b77-65-/t76?,78-,79-,80-/m0/s1. The molecule has 0 radical (unpaired) electrons. The van der Waals surface area contributed by atoms with Gasteiger partial charge in [0.1, 0.15) is 18.1 Å². The SMILES string of the molecule is N/C(=C\N(N)CCOCCOCCOCCC(=O)N[C@@H](CCCCNC(=S)Nc1ccc(CC2CN(CC(=O)O)CCN(CC(=O)O)CCN(CC(=O)O)CCN2CC(=O)O)cc1)C(=O)NCCOCCOCCOCCOCCOCCOCCOCCOCCC(=O)N[C@@H](CCCCNC(=O)CCCc1ccc(I)cc1)C(=O)O)c1cccc(NC(=O)NCCCC[C@H](NC(=O)NCCCC(=O)O)C(=O)O)c1. The average molecular weight is 2170 g/mol. The number of carbonyl (C=O) groups excluding carboxylic acids is 6. The Balaban J connectivity index is 1.11. The van der Waals surface area contributed by atoms with Crippen LogP contribution in [-0.2, 0) is 118 Å². The number of nitrogens with zero attached hydrogens (tertiary/aromatic N) is 5. The first-order chi connectivity index (χ1) is 69.4. The van der Waals surface area contributed by atoms with Crippen molar-refractivity contribution in [3.63, 3.8) is 0 Å². The second kappa shape index (κ2) is 79.7. The summed E-state index contributed by atoms with van der Waals surface area (Å²) in [5.41, 5.74) is 10.2. The molecule has 3 aromatic carbocycles. The summed E-state index contributed by atoms with van der Waals surface area (Å²) in [4.78, 5) is 165. The number of hydrogen-bond acceptors (Lipinski definition) is 32. The highest BCUT2D eigenvalue weighted by molar-refractivity contribution is 14.1. The van der Waals surface area contributed by atoms with Crippen molar-refractivity contribution >= 4 is 134 Å². The van der Waals surface area contributed by atoms with Crippen molar-refractivity contribution in [2.75, 3.05) is 267 Å². The van der Waals surface area contributed by atoms with Crippen LogP contribution in [0.1, 0.15) is 113 Å². The van der Waals surface area contributed by atoms with Crippen LogP contribution in [0.25, 0.3) is 5.70 Å². The first-order valence-electron chi connectivity index (χ1n) is 48.4. The lowest BCUT2D eigenvalue weighted by Gasteiger charge is -2.37. The monoisotopic (exact) mass is 2170 g/mol. The quantitative estimate of drug-likeness (QED) is 0.0126. The molecule has 0 aliphatic carbocycles. The molecule has 8 amide bonds. The Labute approximate surface area is 858 Å². The lowest BCUT2D eigenvalue weighted by Crippen LogP contribution is -2.53. The number of nitrogens with two attached hydrogens (primary N) is 2. The predicted octanol–water partition coefficient (Wildman–Crippen LogP) is 1.70. The minimum absolute atomic E-state index is 0.00594. The molecule has 4 atom stereocenters. The Bertz CT molecular complexity index is 4240. The van der Waals surface area contributed by atoms with Gasteiger partial charge >= 0.3 is 53.8 Å². The molecular formula is C94H150IN17O31S. The average Bonchev–Trinajstić information content (AvgIpc) is 0.779. The highest BCUT2D eigenvalue weighted by atomic mass is 127. The Kier molecular flexibility index (Phi) is 69.7. The van der Waals surface area contributed by atoms with Gasteiger partial charge in [-0.25, -0.2) is 25.0 Å². The third-order valence-electron chi connectivity index (χ3n) is 21.5. The van der Waals surface area contributed by atoms with Crippen molar-refractivity contribution in [1.82, 2.24) is 67.1 Å². The lowest BCUT2D eigenvalue weighted by molar-refractivity contribution is -0.142. The molecule has 0 aromatic heterocycles. The minimum Gasteiger partial charge on any atom is -0.481 e. The number of hydrogen-bond donors (Lipinski definition) is 19. The highest BCUT2D eigenvalue weighted by Gasteiger charge is 2.30. The first-order valence-corrected chi connectivity index (χ1v) is 49.9. The van der Waals surface area contributed by atoms with Crippen molar-refractivity contribution in [3.05, 3.63) is 99.3 Å². The van der Waals surface area contributed by atoms with E-state index in [0.29, 0.717) is 152 Å². The number of aryl methyl sites for hydroxylation is 1. The smallest absolute Gasteiger partial charge is 0.326 e. The highest BCUT2D eigenvalue weighted by Crippen LogP contribution is 2.20. The molecule has 144 heavy (non-hydrogen) atoms. The lowest BCUT2D eigenvalue weighted by atomic mass is 10.0. The van der Waals surface area contributed by atoms with E-state index in [1.165, 1.54) is 16.8 Å². The van der Waals surface area contributed by atoms with Gasteiger partial charge in [-0.1, -0.05) is 36.4 Å². The van der Waals surface area contributed by atoms with Gasteiger partial charge in [0.25, 0.3) is 0 Å². The third-order valence-corrected chi connectivity index (χ3v) is 22.5. The van der Waals surface area contributed by atoms with Crippen LogP contribution in [0.4, 0.5) is 21.0 Å². The van der Waals surface area contributed by atoms with Gasteiger partial charge in [-0.3, -0.25) is 62.8 Å². The fourth-order valence-electron chi connectivity index (χ4n) is 14.1. The number of hydrazine groups is 1. The molecule has 1 fully saturated rings. The number of halogens is 1. The number of unbranched alkanes of at least 4 members (excludes halogenated alkanes) is 3. The number of nitrogens with one attached hydrogen (secondary N) is 10. The molecule has 48 nitrogen and oxygen atoms in total. The van der Waals surface area contributed by atoms with Crippen molar-refractivity contribution < 1.29 is 150 Å². The summed E-state index contributed by atoms with van der Waals surface area (Å²) >= 11 is 7.88. The number of carboxylic acids is 7. The number of urea groups is 2. The number of aliphatic carboxylic acids is 7. The third kappa shape index (κ3) is 66.5. The van der Waals surface area contributed by atoms with Crippen LogP contribution in [0.3, 0.4) is 0 Å². The number of thiocarbonyl (C=S) groups is 1. The van der Waals surface area contributed by atoms with E-state index in [9.17, 15) is 93.0 Å². The number of carbonyl (C=O) groups is 13. The molecule has 3 aromatic rings. The van der Waals surface area contributed by atoms with E-state index in [1.807, 2.05) is 24.3 Å². The van der Waals surface area contributed by atoms with Crippen LogP contribution in [0, 0.1) is 3.57 Å². The molecule has 0 saturated carbocycles. The van der Waals surface area contributed by atoms with E-state index >= 15 is 0 Å².